The minimum atomic E-state index is -3.19. The van der Waals surface area contributed by atoms with E-state index in [-0.39, 0.29) is 5.95 Å². The van der Waals surface area contributed by atoms with Gasteiger partial charge in [-0.2, -0.15) is 19.4 Å². The fourth-order valence-electron chi connectivity index (χ4n) is 4.33. The number of anilines is 2. The number of benzene rings is 1. The summed E-state index contributed by atoms with van der Waals surface area (Å²) >= 11 is 0. The molecule has 0 atom stereocenters. The molecule has 182 valence electrons. The molecule has 4 heterocycles. The largest absolute Gasteiger partial charge is 0.398 e. The second-order valence-corrected chi connectivity index (χ2v) is 10.6. The van der Waals surface area contributed by atoms with E-state index in [9.17, 15) is 8.42 Å². The quantitative estimate of drug-likeness (QED) is 0.340. The molecule has 1 aliphatic heterocycles. The molecule has 0 unspecified atom stereocenters. The summed E-state index contributed by atoms with van der Waals surface area (Å²) in [4.78, 5) is 19.9. The van der Waals surface area contributed by atoms with E-state index in [4.69, 9.17) is 16.5 Å². The molecule has 0 saturated carbocycles. The molecule has 35 heavy (non-hydrogen) atoms. The Balaban J connectivity index is 1.55. The lowest BCUT2D eigenvalue weighted by Crippen LogP contribution is -2.47. The third-order valence-corrected chi connectivity index (χ3v) is 7.31. The van der Waals surface area contributed by atoms with Crippen LogP contribution < -0.4 is 11.5 Å². The summed E-state index contributed by atoms with van der Waals surface area (Å²) in [5.41, 5.74) is 16.3. The summed E-state index contributed by atoms with van der Waals surface area (Å²) < 4.78 is 25.2. The highest BCUT2D eigenvalue weighted by Gasteiger charge is 2.24. The molecule has 3 aromatic heterocycles. The van der Waals surface area contributed by atoms with Crippen LogP contribution in [0.5, 0.6) is 0 Å². The third kappa shape index (κ3) is 4.65. The van der Waals surface area contributed by atoms with E-state index < -0.39 is 10.0 Å². The number of hydrogen-bond acceptors (Lipinski definition) is 10. The van der Waals surface area contributed by atoms with Gasteiger partial charge in [0.15, 0.2) is 5.82 Å². The van der Waals surface area contributed by atoms with Crippen molar-refractivity contribution < 1.29 is 8.42 Å². The SMILES string of the molecule is Cc1nc(N)nc(-c2cc(CN3CCN(S(C)(=O)=O)CC3)cnc2-c2n[nH]c3cccc(N)c23)n1. The molecule has 1 aliphatic rings. The van der Waals surface area contributed by atoms with Crippen LogP contribution in [0.4, 0.5) is 11.6 Å². The van der Waals surface area contributed by atoms with Gasteiger partial charge in [-0.15, -0.1) is 0 Å². The predicted molar refractivity (Wildman–Crippen MR) is 133 cm³/mol. The number of nitrogens with two attached hydrogens (primary N) is 2. The van der Waals surface area contributed by atoms with Crippen molar-refractivity contribution in [2.75, 3.05) is 43.9 Å². The van der Waals surface area contributed by atoms with Gasteiger partial charge in [-0.05, 0) is 30.7 Å². The van der Waals surface area contributed by atoms with Gasteiger partial charge in [0.25, 0.3) is 0 Å². The van der Waals surface area contributed by atoms with Gasteiger partial charge in [-0.3, -0.25) is 15.0 Å². The molecule has 13 heteroatoms. The zero-order valence-corrected chi connectivity index (χ0v) is 20.2. The van der Waals surface area contributed by atoms with Gasteiger partial charge in [0.1, 0.15) is 17.2 Å². The van der Waals surface area contributed by atoms with E-state index >= 15 is 0 Å². The van der Waals surface area contributed by atoms with Crippen molar-refractivity contribution in [1.82, 2.24) is 39.3 Å². The lowest BCUT2D eigenvalue weighted by molar-refractivity contribution is 0.182. The second-order valence-electron chi connectivity index (χ2n) is 8.58. The number of nitrogens with zero attached hydrogens (tertiary/aromatic N) is 7. The first-order valence-electron chi connectivity index (χ1n) is 11.1. The van der Waals surface area contributed by atoms with Gasteiger partial charge in [0, 0.05) is 50.2 Å². The number of sulfonamides is 1. The molecule has 0 spiro atoms. The Labute approximate surface area is 202 Å². The highest BCUT2D eigenvalue weighted by Crippen LogP contribution is 2.35. The highest BCUT2D eigenvalue weighted by atomic mass is 32.2. The van der Waals surface area contributed by atoms with Gasteiger partial charge in [-0.1, -0.05) is 6.07 Å². The van der Waals surface area contributed by atoms with E-state index in [2.05, 4.69) is 30.0 Å². The van der Waals surface area contributed by atoms with Crippen molar-refractivity contribution in [2.24, 2.45) is 0 Å². The summed E-state index contributed by atoms with van der Waals surface area (Å²) in [6.45, 7) is 4.52. The van der Waals surface area contributed by atoms with Crippen molar-refractivity contribution in [2.45, 2.75) is 13.5 Å². The lowest BCUT2D eigenvalue weighted by Gasteiger charge is -2.33. The number of fused-ring (bicyclic) bond motifs is 1. The monoisotopic (exact) mass is 494 g/mol. The Kier molecular flexibility index (Phi) is 5.83. The van der Waals surface area contributed by atoms with Crippen LogP contribution in [-0.4, -0.2) is 80.2 Å². The number of piperazine rings is 1. The fourth-order valence-corrected chi connectivity index (χ4v) is 5.15. The van der Waals surface area contributed by atoms with Gasteiger partial charge < -0.3 is 11.5 Å². The van der Waals surface area contributed by atoms with Gasteiger partial charge in [-0.25, -0.2) is 13.4 Å². The number of rotatable bonds is 5. The molecule has 4 aromatic rings. The van der Waals surface area contributed by atoms with Crippen LogP contribution in [0.1, 0.15) is 11.4 Å². The Morgan fingerprint density at radius 3 is 2.54 bits per heavy atom. The van der Waals surface area contributed by atoms with Crippen molar-refractivity contribution in [3.8, 4) is 22.8 Å². The van der Waals surface area contributed by atoms with Crippen LogP contribution in [-0.2, 0) is 16.6 Å². The second kappa shape index (κ2) is 8.83. The molecular formula is C22H26N10O2S. The Bertz CT molecular complexity index is 1490. The molecule has 5 rings (SSSR count). The minimum absolute atomic E-state index is 0.118. The molecule has 0 amide bonds. The number of hydrogen-bond donors (Lipinski definition) is 3. The standard InChI is InChI=1S/C22H26N10O2S/c1-13-26-21(28-22(24)27-13)15-10-14(12-31-6-8-32(9-7-31)35(2,33)34)11-25-19(15)20-18-16(23)4-3-5-17(18)29-30-20/h3-5,10-11H,6-9,12,23H2,1-2H3,(H,29,30)(H2,24,26,27,28). The summed E-state index contributed by atoms with van der Waals surface area (Å²) in [7, 11) is -3.19. The molecule has 1 fully saturated rings. The number of aryl methyl sites for hydroxylation is 1. The molecule has 1 saturated heterocycles. The average molecular weight is 495 g/mol. The molecule has 12 nitrogen and oxygen atoms in total. The first-order chi connectivity index (χ1) is 16.7. The highest BCUT2D eigenvalue weighted by molar-refractivity contribution is 7.88. The maximum atomic E-state index is 11.8. The Morgan fingerprint density at radius 2 is 1.83 bits per heavy atom. The molecule has 0 aliphatic carbocycles. The first kappa shape index (κ1) is 23.1. The van der Waals surface area contributed by atoms with Crippen LogP contribution >= 0.6 is 0 Å². The molecule has 5 N–H and O–H groups in total. The van der Waals surface area contributed by atoms with E-state index in [0.717, 1.165) is 16.5 Å². The number of nitrogen functional groups attached to an aromatic ring is 2. The smallest absolute Gasteiger partial charge is 0.223 e. The van der Waals surface area contributed by atoms with E-state index in [1.54, 1.807) is 13.1 Å². The van der Waals surface area contributed by atoms with Crippen LogP contribution in [0.15, 0.2) is 30.5 Å². The fraction of sp³-hybridized carbons (Fsp3) is 0.318. The van der Waals surface area contributed by atoms with Crippen LogP contribution in [0.2, 0.25) is 0 Å². The zero-order valence-electron chi connectivity index (χ0n) is 19.4. The predicted octanol–water partition coefficient (Wildman–Crippen LogP) is 1.03. The summed E-state index contributed by atoms with van der Waals surface area (Å²) in [6.07, 6.45) is 3.03. The summed E-state index contributed by atoms with van der Waals surface area (Å²) in [6, 6.07) is 7.55. The van der Waals surface area contributed by atoms with Crippen LogP contribution in [0.3, 0.4) is 0 Å². The minimum Gasteiger partial charge on any atom is -0.398 e. The lowest BCUT2D eigenvalue weighted by atomic mass is 10.0. The zero-order chi connectivity index (χ0) is 24.7. The number of aromatic amines is 1. The topological polar surface area (TPSA) is 173 Å². The first-order valence-corrected chi connectivity index (χ1v) is 12.9. The molecule has 0 bridgehead atoms. The summed E-state index contributed by atoms with van der Waals surface area (Å²) in [5, 5.41) is 8.28. The van der Waals surface area contributed by atoms with Crippen molar-refractivity contribution in [1.29, 1.82) is 0 Å². The Hall–Kier alpha value is -3.68. The molecule has 0 radical (unpaired) electrons. The van der Waals surface area contributed by atoms with Crippen LogP contribution in [0.25, 0.3) is 33.7 Å². The molecular weight excluding hydrogens is 468 g/mol. The molecule has 1 aromatic carbocycles. The van der Waals surface area contributed by atoms with Gasteiger partial charge >= 0.3 is 0 Å². The van der Waals surface area contributed by atoms with Gasteiger partial charge in [0.2, 0.25) is 16.0 Å². The van der Waals surface area contributed by atoms with E-state index in [0.29, 0.717) is 67.0 Å². The maximum absolute atomic E-state index is 11.8. The number of pyridine rings is 1. The number of aromatic nitrogens is 6. The average Bonchev–Trinajstić information content (AvgIpc) is 3.24. The van der Waals surface area contributed by atoms with Crippen molar-refractivity contribution >= 4 is 32.6 Å². The maximum Gasteiger partial charge on any atom is 0.223 e. The van der Waals surface area contributed by atoms with E-state index in [1.165, 1.54) is 10.6 Å². The third-order valence-electron chi connectivity index (χ3n) is 6.00. The van der Waals surface area contributed by atoms with E-state index in [1.807, 2.05) is 24.3 Å². The Morgan fingerprint density at radius 1 is 1.06 bits per heavy atom. The number of nitrogens with one attached hydrogen (secondary N) is 1. The van der Waals surface area contributed by atoms with Crippen molar-refractivity contribution in [3.05, 3.63) is 41.9 Å². The van der Waals surface area contributed by atoms with Gasteiger partial charge in [0.05, 0.1) is 17.2 Å². The number of H-pyrrole nitrogens is 1. The summed E-state index contributed by atoms with van der Waals surface area (Å²) in [5.74, 6) is 1.01. The normalized spacial score (nSPS) is 15.6. The van der Waals surface area contributed by atoms with Crippen molar-refractivity contribution in [3.63, 3.8) is 0 Å². The van der Waals surface area contributed by atoms with Crippen LogP contribution in [0, 0.1) is 6.92 Å².